The summed E-state index contributed by atoms with van der Waals surface area (Å²) in [6.07, 6.45) is 0.515. The van der Waals surface area contributed by atoms with Crippen molar-refractivity contribution in [3.63, 3.8) is 0 Å². The second-order valence-electron chi connectivity index (χ2n) is 8.96. The van der Waals surface area contributed by atoms with Gasteiger partial charge >= 0.3 is 0 Å². The van der Waals surface area contributed by atoms with Crippen LogP contribution in [0.5, 0.6) is 0 Å². The maximum atomic E-state index is 13.7. The molecule has 0 saturated carbocycles. The summed E-state index contributed by atoms with van der Waals surface area (Å²) in [5, 5.41) is 3.25. The highest BCUT2D eigenvalue weighted by Crippen LogP contribution is 2.25. The van der Waals surface area contributed by atoms with Gasteiger partial charge in [0.1, 0.15) is 12.6 Å². The third kappa shape index (κ3) is 7.57. The molecule has 3 rings (SSSR count). The van der Waals surface area contributed by atoms with E-state index in [1.807, 2.05) is 44.2 Å². The first-order chi connectivity index (χ1) is 17.6. The minimum Gasteiger partial charge on any atom is -0.352 e. The zero-order valence-electron chi connectivity index (χ0n) is 21.2. The average Bonchev–Trinajstić information content (AvgIpc) is 2.88. The van der Waals surface area contributed by atoms with Crippen molar-refractivity contribution >= 4 is 39.1 Å². The lowest BCUT2D eigenvalue weighted by molar-refractivity contribution is -0.139. The van der Waals surface area contributed by atoms with Crippen LogP contribution in [0.15, 0.2) is 89.8 Å². The van der Waals surface area contributed by atoms with Crippen LogP contribution in [0.4, 0.5) is 5.69 Å². The highest BCUT2D eigenvalue weighted by Gasteiger charge is 2.32. The van der Waals surface area contributed by atoms with Crippen molar-refractivity contribution in [1.82, 2.24) is 10.2 Å². The molecule has 0 bridgehead atoms. The second kappa shape index (κ2) is 12.7. The zero-order valence-corrected chi connectivity index (χ0v) is 22.7. The maximum Gasteiger partial charge on any atom is 0.264 e. The Balaban J connectivity index is 1.94. The van der Waals surface area contributed by atoms with Gasteiger partial charge in [-0.05, 0) is 69.2 Å². The van der Waals surface area contributed by atoms with Crippen LogP contribution in [-0.4, -0.2) is 50.3 Å². The van der Waals surface area contributed by atoms with Crippen LogP contribution in [0, 0.1) is 0 Å². The van der Waals surface area contributed by atoms with Gasteiger partial charge in [-0.25, -0.2) is 8.42 Å². The molecule has 9 heteroatoms. The first-order valence-electron chi connectivity index (χ1n) is 12.1. The predicted molar refractivity (Wildman–Crippen MR) is 147 cm³/mol. The summed E-state index contributed by atoms with van der Waals surface area (Å²) in [5.74, 6) is -0.785. The molecule has 0 fully saturated rings. The lowest BCUT2D eigenvalue weighted by Gasteiger charge is -2.32. The van der Waals surface area contributed by atoms with Crippen molar-refractivity contribution < 1.29 is 18.0 Å². The van der Waals surface area contributed by atoms with Crippen LogP contribution in [0.25, 0.3) is 0 Å². The van der Waals surface area contributed by atoms with Crippen LogP contribution in [0.3, 0.4) is 0 Å². The number of halogens is 1. The minimum atomic E-state index is -4.10. The third-order valence-electron chi connectivity index (χ3n) is 5.81. The Morgan fingerprint density at radius 2 is 1.43 bits per heavy atom. The van der Waals surface area contributed by atoms with E-state index in [0.717, 1.165) is 9.87 Å². The number of carbonyl (C=O) groups is 2. The summed E-state index contributed by atoms with van der Waals surface area (Å²) in [4.78, 5) is 28.0. The van der Waals surface area contributed by atoms with E-state index in [1.165, 1.54) is 29.2 Å². The van der Waals surface area contributed by atoms with E-state index in [1.54, 1.807) is 37.3 Å². The number of rotatable bonds is 11. The molecular formula is C28H32ClN3O4S. The van der Waals surface area contributed by atoms with Gasteiger partial charge < -0.3 is 10.2 Å². The molecule has 0 aromatic heterocycles. The molecule has 0 aliphatic carbocycles. The number of amides is 2. The Hall–Kier alpha value is -3.36. The van der Waals surface area contributed by atoms with Gasteiger partial charge in [-0.2, -0.15) is 0 Å². The molecule has 0 heterocycles. The molecule has 196 valence electrons. The van der Waals surface area contributed by atoms with Gasteiger partial charge in [0.15, 0.2) is 0 Å². The normalized spacial score (nSPS) is 12.1. The molecule has 0 aliphatic heterocycles. The lowest BCUT2D eigenvalue weighted by Crippen LogP contribution is -2.53. The second-order valence-corrected chi connectivity index (χ2v) is 11.3. The molecule has 37 heavy (non-hydrogen) atoms. The molecule has 1 atom stereocenters. The van der Waals surface area contributed by atoms with Gasteiger partial charge in [-0.15, -0.1) is 0 Å². The Kier molecular flexibility index (Phi) is 9.72. The van der Waals surface area contributed by atoms with E-state index in [2.05, 4.69) is 5.32 Å². The SMILES string of the molecule is CC(C)NC(=O)[C@H](C)N(CCc1ccccc1)C(=O)CN(c1ccccc1)S(=O)(=O)c1ccc(Cl)cc1. The minimum absolute atomic E-state index is 0.00925. The number of carbonyl (C=O) groups excluding carboxylic acids is 2. The summed E-state index contributed by atoms with van der Waals surface area (Å²) in [6.45, 7) is 5.12. The average molecular weight is 542 g/mol. The molecule has 0 aliphatic rings. The van der Waals surface area contributed by atoms with E-state index in [-0.39, 0.29) is 23.4 Å². The van der Waals surface area contributed by atoms with Crippen LogP contribution >= 0.6 is 11.6 Å². The standard InChI is InChI=1S/C28H32ClN3O4S/c1-21(2)30-28(34)22(3)31(19-18-23-10-6-4-7-11-23)27(33)20-32(25-12-8-5-9-13-25)37(35,36)26-16-14-24(29)15-17-26/h4-17,21-22H,18-20H2,1-3H3,(H,30,34)/t22-/m0/s1. The Morgan fingerprint density at radius 3 is 2.00 bits per heavy atom. The monoisotopic (exact) mass is 541 g/mol. The Morgan fingerprint density at radius 1 is 0.865 bits per heavy atom. The molecule has 1 N–H and O–H groups in total. The van der Waals surface area contributed by atoms with Crippen molar-refractivity contribution in [2.45, 2.75) is 44.2 Å². The molecule has 3 aromatic rings. The van der Waals surface area contributed by atoms with E-state index >= 15 is 0 Å². The molecule has 0 unspecified atom stereocenters. The largest absolute Gasteiger partial charge is 0.352 e. The van der Waals surface area contributed by atoms with Gasteiger partial charge in [0.05, 0.1) is 10.6 Å². The van der Waals surface area contributed by atoms with E-state index < -0.39 is 28.5 Å². The number of anilines is 1. The van der Waals surface area contributed by atoms with Crippen molar-refractivity contribution in [3.05, 3.63) is 95.5 Å². The Bertz CT molecular complexity index is 1280. The molecule has 2 amide bonds. The number of nitrogens with one attached hydrogen (secondary N) is 1. The summed E-state index contributed by atoms with van der Waals surface area (Å²) < 4.78 is 28.4. The Labute approximate surface area is 224 Å². The molecular weight excluding hydrogens is 510 g/mol. The molecule has 3 aromatic carbocycles. The zero-order chi connectivity index (χ0) is 27.0. The van der Waals surface area contributed by atoms with E-state index in [9.17, 15) is 18.0 Å². The van der Waals surface area contributed by atoms with Crippen LogP contribution in [0.1, 0.15) is 26.3 Å². The molecule has 0 radical (unpaired) electrons. The van der Waals surface area contributed by atoms with Gasteiger partial charge in [-0.3, -0.25) is 13.9 Å². The van der Waals surface area contributed by atoms with Gasteiger partial charge in [0.25, 0.3) is 10.0 Å². The highest BCUT2D eigenvalue weighted by molar-refractivity contribution is 7.92. The van der Waals surface area contributed by atoms with Gasteiger partial charge in [-0.1, -0.05) is 60.1 Å². The van der Waals surface area contributed by atoms with Gasteiger partial charge in [0.2, 0.25) is 11.8 Å². The van der Waals surface area contributed by atoms with Crippen molar-refractivity contribution in [2.24, 2.45) is 0 Å². The first-order valence-corrected chi connectivity index (χ1v) is 13.9. The highest BCUT2D eigenvalue weighted by atomic mass is 35.5. The van der Waals surface area contributed by atoms with Crippen molar-refractivity contribution in [3.8, 4) is 0 Å². The number of benzene rings is 3. The molecule has 0 spiro atoms. The number of nitrogens with zero attached hydrogens (tertiary/aromatic N) is 2. The number of para-hydroxylation sites is 1. The van der Waals surface area contributed by atoms with Crippen LogP contribution in [0.2, 0.25) is 5.02 Å². The first kappa shape index (κ1) is 28.2. The number of hydrogen-bond donors (Lipinski definition) is 1. The quantitative estimate of drug-likeness (QED) is 0.387. The van der Waals surface area contributed by atoms with Crippen LogP contribution < -0.4 is 9.62 Å². The fourth-order valence-electron chi connectivity index (χ4n) is 3.83. The van der Waals surface area contributed by atoms with Gasteiger partial charge in [0, 0.05) is 17.6 Å². The van der Waals surface area contributed by atoms with Crippen LogP contribution in [-0.2, 0) is 26.0 Å². The predicted octanol–water partition coefficient (Wildman–Crippen LogP) is 4.52. The number of hydrogen-bond acceptors (Lipinski definition) is 4. The summed E-state index contributed by atoms with van der Waals surface area (Å²) in [7, 11) is -4.10. The summed E-state index contributed by atoms with van der Waals surface area (Å²) >= 11 is 5.96. The van der Waals surface area contributed by atoms with E-state index in [0.29, 0.717) is 17.1 Å². The summed E-state index contributed by atoms with van der Waals surface area (Å²) in [5.41, 5.74) is 1.35. The lowest BCUT2D eigenvalue weighted by atomic mass is 10.1. The number of sulfonamides is 1. The third-order valence-corrected chi connectivity index (χ3v) is 7.85. The maximum absolute atomic E-state index is 13.7. The van der Waals surface area contributed by atoms with Crippen molar-refractivity contribution in [1.29, 1.82) is 0 Å². The topological polar surface area (TPSA) is 86.8 Å². The fraction of sp³-hybridized carbons (Fsp3) is 0.286. The molecule has 7 nitrogen and oxygen atoms in total. The van der Waals surface area contributed by atoms with Crippen molar-refractivity contribution in [2.75, 3.05) is 17.4 Å². The molecule has 0 saturated heterocycles. The fourth-order valence-corrected chi connectivity index (χ4v) is 5.37. The summed E-state index contributed by atoms with van der Waals surface area (Å²) in [6, 6.07) is 22.9. The smallest absolute Gasteiger partial charge is 0.264 e. The van der Waals surface area contributed by atoms with E-state index in [4.69, 9.17) is 11.6 Å².